The summed E-state index contributed by atoms with van der Waals surface area (Å²) < 4.78 is 0. The van der Waals surface area contributed by atoms with Crippen LogP contribution < -0.4 is 10.6 Å². The minimum atomic E-state index is -0.424. The fourth-order valence-electron chi connectivity index (χ4n) is 1.91. The van der Waals surface area contributed by atoms with E-state index in [1.54, 1.807) is 18.3 Å². The number of amides is 2. The molecule has 0 aliphatic heterocycles. The molecule has 2 rings (SSSR count). The number of nitrogens with zero attached hydrogens (tertiary/aromatic N) is 1. The van der Waals surface area contributed by atoms with E-state index >= 15 is 0 Å². The molecule has 5 nitrogen and oxygen atoms in total. The van der Waals surface area contributed by atoms with Crippen LogP contribution in [-0.2, 0) is 11.3 Å². The molecule has 2 N–H and O–H groups in total. The van der Waals surface area contributed by atoms with Crippen LogP contribution in [-0.4, -0.2) is 16.8 Å². The SMILES string of the molecule is CC(C)(C)C(=O)NCc1cccc(NC(=O)c2cccnc2)c1. The van der Waals surface area contributed by atoms with E-state index in [4.69, 9.17) is 0 Å². The molecule has 2 aromatic rings. The van der Waals surface area contributed by atoms with Crippen LogP contribution in [0.2, 0.25) is 0 Å². The molecule has 23 heavy (non-hydrogen) atoms. The minimum Gasteiger partial charge on any atom is -0.352 e. The number of hydrogen-bond acceptors (Lipinski definition) is 3. The first-order chi connectivity index (χ1) is 10.9. The third-order valence-electron chi connectivity index (χ3n) is 3.24. The van der Waals surface area contributed by atoms with E-state index in [-0.39, 0.29) is 11.8 Å². The van der Waals surface area contributed by atoms with Gasteiger partial charge in [-0.2, -0.15) is 0 Å². The van der Waals surface area contributed by atoms with Gasteiger partial charge in [0.2, 0.25) is 5.91 Å². The van der Waals surface area contributed by atoms with Gasteiger partial charge < -0.3 is 10.6 Å². The number of hydrogen-bond donors (Lipinski definition) is 2. The zero-order chi connectivity index (χ0) is 16.9. The molecule has 5 heteroatoms. The minimum absolute atomic E-state index is 0.0118. The number of aromatic nitrogens is 1. The summed E-state index contributed by atoms with van der Waals surface area (Å²) in [7, 11) is 0. The molecule has 1 heterocycles. The number of anilines is 1. The Morgan fingerprint density at radius 2 is 1.91 bits per heavy atom. The van der Waals surface area contributed by atoms with Crippen molar-refractivity contribution in [3.63, 3.8) is 0 Å². The van der Waals surface area contributed by atoms with Crippen molar-refractivity contribution in [3.8, 4) is 0 Å². The summed E-state index contributed by atoms with van der Waals surface area (Å²) in [5.41, 5.74) is 1.68. The fourth-order valence-corrected chi connectivity index (χ4v) is 1.91. The van der Waals surface area contributed by atoms with Crippen LogP contribution in [0.5, 0.6) is 0 Å². The molecule has 0 atom stereocenters. The van der Waals surface area contributed by atoms with E-state index in [2.05, 4.69) is 15.6 Å². The summed E-state index contributed by atoms with van der Waals surface area (Å²) in [5, 5.41) is 5.71. The van der Waals surface area contributed by atoms with E-state index in [0.29, 0.717) is 17.8 Å². The molecule has 0 aliphatic rings. The van der Waals surface area contributed by atoms with Crippen molar-refractivity contribution in [2.24, 2.45) is 5.41 Å². The lowest BCUT2D eigenvalue weighted by atomic mass is 9.95. The van der Waals surface area contributed by atoms with Gasteiger partial charge in [0.15, 0.2) is 0 Å². The van der Waals surface area contributed by atoms with Gasteiger partial charge in [0, 0.05) is 30.0 Å². The highest BCUT2D eigenvalue weighted by Gasteiger charge is 2.20. The molecule has 0 bridgehead atoms. The summed E-state index contributed by atoms with van der Waals surface area (Å²) in [6.07, 6.45) is 3.14. The van der Waals surface area contributed by atoms with Gasteiger partial charge in [-0.15, -0.1) is 0 Å². The van der Waals surface area contributed by atoms with Crippen LogP contribution >= 0.6 is 0 Å². The van der Waals surface area contributed by atoms with Gasteiger partial charge in [0.1, 0.15) is 0 Å². The molecule has 1 aromatic heterocycles. The van der Waals surface area contributed by atoms with Crippen molar-refractivity contribution in [2.45, 2.75) is 27.3 Å². The monoisotopic (exact) mass is 311 g/mol. The Balaban J connectivity index is 2.00. The lowest BCUT2D eigenvalue weighted by Gasteiger charge is -2.17. The van der Waals surface area contributed by atoms with E-state index in [9.17, 15) is 9.59 Å². The molecule has 0 spiro atoms. The highest BCUT2D eigenvalue weighted by Crippen LogP contribution is 2.15. The highest BCUT2D eigenvalue weighted by molar-refractivity contribution is 6.04. The van der Waals surface area contributed by atoms with Gasteiger partial charge in [0.25, 0.3) is 5.91 Å². The maximum Gasteiger partial charge on any atom is 0.257 e. The van der Waals surface area contributed by atoms with Gasteiger partial charge in [-0.3, -0.25) is 14.6 Å². The van der Waals surface area contributed by atoms with Crippen LogP contribution in [0.15, 0.2) is 48.8 Å². The van der Waals surface area contributed by atoms with E-state index < -0.39 is 5.41 Å². The van der Waals surface area contributed by atoms with Crippen molar-refractivity contribution in [1.82, 2.24) is 10.3 Å². The molecular formula is C18H21N3O2. The standard InChI is InChI=1S/C18H21N3O2/c1-18(2,3)17(23)20-11-13-6-4-8-15(10-13)21-16(22)14-7-5-9-19-12-14/h4-10,12H,11H2,1-3H3,(H,20,23)(H,21,22). The van der Waals surface area contributed by atoms with Gasteiger partial charge in [-0.1, -0.05) is 32.9 Å². The Labute approximate surface area is 136 Å². The van der Waals surface area contributed by atoms with Crippen molar-refractivity contribution in [2.75, 3.05) is 5.32 Å². The average molecular weight is 311 g/mol. The molecule has 0 saturated carbocycles. The summed E-state index contributed by atoms with van der Waals surface area (Å²) in [4.78, 5) is 27.9. The average Bonchev–Trinajstić information content (AvgIpc) is 2.53. The molecular weight excluding hydrogens is 290 g/mol. The normalized spacial score (nSPS) is 10.9. The number of carbonyl (C=O) groups is 2. The fraction of sp³-hybridized carbons (Fsp3) is 0.278. The molecule has 0 radical (unpaired) electrons. The Morgan fingerprint density at radius 1 is 1.13 bits per heavy atom. The first kappa shape index (κ1) is 16.7. The Bertz CT molecular complexity index is 691. The molecule has 2 amide bonds. The maximum atomic E-state index is 12.1. The third kappa shape index (κ3) is 4.92. The second kappa shape index (κ2) is 7.05. The molecule has 0 unspecified atom stereocenters. The zero-order valence-electron chi connectivity index (χ0n) is 13.6. The Morgan fingerprint density at radius 3 is 2.57 bits per heavy atom. The second-order valence-corrected chi connectivity index (χ2v) is 6.33. The van der Waals surface area contributed by atoms with Crippen LogP contribution in [0.25, 0.3) is 0 Å². The number of rotatable bonds is 4. The number of pyridine rings is 1. The quantitative estimate of drug-likeness (QED) is 0.912. The molecule has 0 saturated heterocycles. The topological polar surface area (TPSA) is 71.1 Å². The summed E-state index contributed by atoms with van der Waals surface area (Å²) in [6.45, 7) is 6.03. The van der Waals surface area contributed by atoms with Gasteiger partial charge >= 0.3 is 0 Å². The van der Waals surface area contributed by atoms with Gasteiger partial charge in [0.05, 0.1) is 5.56 Å². The van der Waals surface area contributed by atoms with Gasteiger partial charge in [-0.05, 0) is 29.8 Å². The zero-order valence-corrected chi connectivity index (χ0v) is 13.6. The molecule has 0 aliphatic carbocycles. The van der Waals surface area contributed by atoms with Crippen LogP contribution in [0.1, 0.15) is 36.7 Å². The maximum absolute atomic E-state index is 12.1. The smallest absolute Gasteiger partial charge is 0.257 e. The molecule has 0 fully saturated rings. The first-order valence-electron chi connectivity index (χ1n) is 7.45. The predicted molar refractivity (Wildman–Crippen MR) is 89.9 cm³/mol. The van der Waals surface area contributed by atoms with Crippen molar-refractivity contribution in [1.29, 1.82) is 0 Å². The van der Waals surface area contributed by atoms with Crippen LogP contribution in [0.4, 0.5) is 5.69 Å². The number of benzene rings is 1. The second-order valence-electron chi connectivity index (χ2n) is 6.33. The Hall–Kier alpha value is -2.69. The lowest BCUT2D eigenvalue weighted by molar-refractivity contribution is -0.128. The highest BCUT2D eigenvalue weighted by atomic mass is 16.2. The summed E-state index contributed by atoms with van der Waals surface area (Å²) in [6, 6.07) is 10.8. The van der Waals surface area contributed by atoms with E-state index in [1.165, 1.54) is 6.20 Å². The lowest BCUT2D eigenvalue weighted by Crippen LogP contribution is -2.34. The number of nitrogens with one attached hydrogen (secondary N) is 2. The van der Waals surface area contributed by atoms with Crippen LogP contribution in [0, 0.1) is 5.41 Å². The van der Waals surface area contributed by atoms with Gasteiger partial charge in [-0.25, -0.2) is 0 Å². The molecule has 1 aromatic carbocycles. The van der Waals surface area contributed by atoms with Crippen molar-refractivity contribution < 1.29 is 9.59 Å². The third-order valence-corrected chi connectivity index (χ3v) is 3.24. The van der Waals surface area contributed by atoms with E-state index in [1.807, 2.05) is 45.0 Å². The summed E-state index contributed by atoms with van der Waals surface area (Å²) in [5.74, 6) is -0.226. The predicted octanol–water partition coefficient (Wildman–Crippen LogP) is 3.00. The number of carbonyl (C=O) groups excluding carboxylic acids is 2. The van der Waals surface area contributed by atoms with E-state index in [0.717, 1.165) is 5.56 Å². The van der Waals surface area contributed by atoms with Crippen LogP contribution in [0.3, 0.4) is 0 Å². The first-order valence-corrected chi connectivity index (χ1v) is 7.45. The largest absolute Gasteiger partial charge is 0.352 e. The molecule has 120 valence electrons. The van der Waals surface area contributed by atoms with Crippen molar-refractivity contribution in [3.05, 3.63) is 59.9 Å². The van der Waals surface area contributed by atoms with Crippen molar-refractivity contribution >= 4 is 17.5 Å². The Kier molecular flexibility index (Phi) is 5.11. The summed E-state index contributed by atoms with van der Waals surface area (Å²) >= 11 is 0.